The molecule has 2 aromatic rings. The molecule has 2 amide bonds. The summed E-state index contributed by atoms with van der Waals surface area (Å²) in [6.07, 6.45) is 0.161. The highest BCUT2D eigenvalue weighted by Crippen LogP contribution is 2.23. The Morgan fingerprint density at radius 1 is 1.13 bits per heavy atom. The van der Waals surface area contributed by atoms with Gasteiger partial charge in [0.2, 0.25) is 0 Å². The average Bonchev–Trinajstić information content (AvgIpc) is 2.93. The van der Waals surface area contributed by atoms with E-state index in [0.717, 1.165) is 31.0 Å². The van der Waals surface area contributed by atoms with Crippen LogP contribution >= 0.6 is 0 Å². The number of amides is 2. The van der Waals surface area contributed by atoms with Crippen molar-refractivity contribution < 1.29 is 33.7 Å². The van der Waals surface area contributed by atoms with Crippen molar-refractivity contribution in [3.63, 3.8) is 0 Å². The number of ether oxygens (including phenoxy) is 3. The standard InChI is InChI=1S/C26H33N5O7/c1-2-36-24(34)21(31-26(35)38-17-18-7-4-3-5-8-18)16-30-23(33)20-10-9-19(15-22(20)32)37-14-13-29-25-27-11-6-12-28-25/h3-5,7-10,15,21,32H,2,6,11-14,16-17H2,1H3,(H,30,33)(H,31,35)(H2,27,28,29)/t21-/m0/s1. The first kappa shape index (κ1) is 28.1. The van der Waals surface area contributed by atoms with Crippen LogP contribution in [0.15, 0.2) is 53.5 Å². The molecule has 2 aromatic carbocycles. The Balaban J connectivity index is 1.48. The largest absolute Gasteiger partial charge is 0.507 e. The second kappa shape index (κ2) is 14.9. The van der Waals surface area contributed by atoms with Gasteiger partial charge in [0.1, 0.15) is 30.8 Å². The number of hydrogen-bond donors (Lipinski definition) is 5. The van der Waals surface area contributed by atoms with Gasteiger partial charge in [-0.2, -0.15) is 0 Å². The van der Waals surface area contributed by atoms with Crippen molar-refractivity contribution >= 4 is 23.9 Å². The van der Waals surface area contributed by atoms with Crippen molar-refractivity contribution in [2.45, 2.75) is 26.0 Å². The fourth-order valence-corrected chi connectivity index (χ4v) is 3.42. The Morgan fingerprint density at radius 3 is 2.66 bits per heavy atom. The van der Waals surface area contributed by atoms with E-state index < -0.39 is 24.0 Å². The Bertz CT molecular complexity index is 1110. The molecule has 0 saturated carbocycles. The molecule has 0 radical (unpaired) electrons. The molecule has 0 unspecified atom stereocenters. The second-order valence-corrected chi connectivity index (χ2v) is 8.19. The molecular formula is C26H33N5O7. The van der Waals surface area contributed by atoms with E-state index in [1.54, 1.807) is 25.1 Å². The van der Waals surface area contributed by atoms with Gasteiger partial charge in [-0.25, -0.2) is 9.59 Å². The average molecular weight is 528 g/mol. The van der Waals surface area contributed by atoms with Crippen LogP contribution in [0.25, 0.3) is 0 Å². The molecular weight excluding hydrogens is 494 g/mol. The Labute approximate surface area is 220 Å². The summed E-state index contributed by atoms with van der Waals surface area (Å²) in [4.78, 5) is 41.5. The minimum absolute atomic E-state index is 0.0125. The van der Waals surface area contributed by atoms with Crippen LogP contribution in [-0.4, -0.2) is 74.5 Å². The van der Waals surface area contributed by atoms with Gasteiger partial charge >= 0.3 is 12.1 Å². The monoisotopic (exact) mass is 527 g/mol. The maximum absolute atomic E-state index is 12.7. The summed E-state index contributed by atoms with van der Waals surface area (Å²) in [6.45, 7) is 3.93. The van der Waals surface area contributed by atoms with Gasteiger partial charge in [-0.3, -0.25) is 9.79 Å². The summed E-state index contributed by atoms with van der Waals surface area (Å²) in [7, 11) is 0. The number of nitrogens with one attached hydrogen (secondary N) is 4. The van der Waals surface area contributed by atoms with Crippen LogP contribution in [0.1, 0.15) is 29.3 Å². The third kappa shape index (κ3) is 9.19. The van der Waals surface area contributed by atoms with Crippen LogP contribution in [-0.2, 0) is 20.9 Å². The Hall–Kier alpha value is -4.48. The molecule has 0 aliphatic carbocycles. The zero-order chi connectivity index (χ0) is 27.2. The highest BCUT2D eigenvalue weighted by molar-refractivity contribution is 5.97. The predicted octanol–water partition coefficient (Wildman–Crippen LogP) is 1.30. The van der Waals surface area contributed by atoms with E-state index in [1.165, 1.54) is 12.1 Å². The molecule has 204 valence electrons. The SMILES string of the molecule is CCOC(=O)[C@H](CNC(=O)c1ccc(OCCNC2=NCCCN2)cc1O)NC(=O)OCc1ccccc1. The molecule has 1 heterocycles. The molecule has 12 heteroatoms. The van der Waals surface area contributed by atoms with Crippen molar-refractivity contribution in [2.75, 3.05) is 39.4 Å². The van der Waals surface area contributed by atoms with Crippen molar-refractivity contribution in [1.29, 1.82) is 0 Å². The van der Waals surface area contributed by atoms with E-state index in [2.05, 4.69) is 26.3 Å². The Morgan fingerprint density at radius 2 is 1.95 bits per heavy atom. The molecule has 1 aliphatic rings. The lowest BCUT2D eigenvalue weighted by molar-refractivity contribution is -0.145. The first-order valence-corrected chi connectivity index (χ1v) is 12.4. The first-order chi connectivity index (χ1) is 18.5. The number of guanidine groups is 1. The van der Waals surface area contributed by atoms with Gasteiger partial charge < -0.3 is 40.6 Å². The summed E-state index contributed by atoms with van der Waals surface area (Å²) >= 11 is 0. The van der Waals surface area contributed by atoms with Gasteiger partial charge in [-0.15, -0.1) is 0 Å². The molecule has 0 aromatic heterocycles. The molecule has 1 aliphatic heterocycles. The summed E-state index contributed by atoms with van der Waals surface area (Å²) in [5, 5.41) is 21.5. The topological polar surface area (TPSA) is 160 Å². The Kier molecular flexibility index (Phi) is 11.0. The van der Waals surface area contributed by atoms with Gasteiger partial charge in [0, 0.05) is 25.7 Å². The molecule has 12 nitrogen and oxygen atoms in total. The number of carbonyl (C=O) groups is 3. The summed E-state index contributed by atoms with van der Waals surface area (Å²) < 4.78 is 15.7. The molecule has 0 saturated heterocycles. The third-order valence-corrected chi connectivity index (χ3v) is 5.32. The van der Waals surface area contributed by atoms with Crippen LogP contribution in [0.3, 0.4) is 0 Å². The number of hydrogen-bond acceptors (Lipinski definition) is 10. The zero-order valence-electron chi connectivity index (χ0n) is 21.2. The lowest BCUT2D eigenvalue weighted by atomic mass is 10.1. The van der Waals surface area contributed by atoms with Crippen molar-refractivity contribution in [2.24, 2.45) is 4.99 Å². The lowest BCUT2D eigenvalue weighted by Crippen LogP contribution is -2.49. The van der Waals surface area contributed by atoms with Gasteiger partial charge in [-0.1, -0.05) is 30.3 Å². The number of phenolic OH excluding ortho intramolecular Hbond substituents is 1. The van der Waals surface area contributed by atoms with Crippen LogP contribution < -0.4 is 26.0 Å². The number of aliphatic imine (C=N–C) groups is 1. The number of carbonyl (C=O) groups excluding carboxylic acids is 3. The number of phenols is 1. The number of benzene rings is 2. The predicted molar refractivity (Wildman–Crippen MR) is 139 cm³/mol. The molecule has 5 N–H and O–H groups in total. The second-order valence-electron chi connectivity index (χ2n) is 8.19. The summed E-state index contributed by atoms with van der Waals surface area (Å²) in [6, 6.07) is 12.1. The van der Waals surface area contributed by atoms with E-state index >= 15 is 0 Å². The molecule has 0 bridgehead atoms. The normalized spacial score (nSPS) is 13.2. The van der Waals surface area contributed by atoms with Crippen LogP contribution in [0, 0.1) is 0 Å². The quantitative estimate of drug-likeness (QED) is 0.202. The molecule has 38 heavy (non-hydrogen) atoms. The van der Waals surface area contributed by atoms with E-state index in [-0.39, 0.29) is 31.1 Å². The number of aromatic hydroxyl groups is 1. The number of alkyl carbamates (subject to hydrolysis) is 1. The molecule has 3 rings (SSSR count). The van der Waals surface area contributed by atoms with Gasteiger partial charge in [0.25, 0.3) is 5.91 Å². The van der Waals surface area contributed by atoms with Gasteiger partial charge in [0.05, 0.1) is 18.7 Å². The van der Waals surface area contributed by atoms with E-state index in [9.17, 15) is 19.5 Å². The number of rotatable bonds is 12. The van der Waals surface area contributed by atoms with Crippen LogP contribution in [0.2, 0.25) is 0 Å². The summed E-state index contributed by atoms with van der Waals surface area (Å²) in [5.41, 5.74) is 0.754. The van der Waals surface area contributed by atoms with Crippen molar-refractivity contribution in [3.8, 4) is 11.5 Å². The lowest BCUT2D eigenvalue weighted by Gasteiger charge is -2.18. The van der Waals surface area contributed by atoms with Gasteiger partial charge in [0.15, 0.2) is 5.96 Å². The van der Waals surface area contributed by atoms with Crippen molar-refractivity contribution in [1.82, 2.24) is 21.3 Å². The first-order valence-electron chi connectivity index (χ1n) is 12.4. The minimum atomic E-state index is -1.19. The molecule has 0 spiro atoms. The van der Waals surface area contributed by atoms with E-state index in [0.29, 0.717) is 18.9 Å². The molecule has 0 fully saturated rings. The zero-order valence-corrected chi connectivity index (χ0v) is 21.2. The number of esters is 1. The van der Waals surface area contributed by atoms with Crippen LogP contribution in [0.4, 0.5) is 4.79 Å². The van der Waals surface area contributed by atoms with Crippen molar-refractivity contribution in [3.05, 3.63) is 59.7 Å². The summed E-state index contributed by atoms with van der Waals surface area (Å²) in [5.74, 6) is -0.568. The number of nitrogens with zero attached hydrogens (tertiary/aromatic N) is 1. The molecule has 1 atom stereocenters. The maximum Gasteiger partial charge on any atom is 0.408 e. The third-order valence-electron chi connectivity index (χ3n) is 5.32. The maximum atomic E-state index is 12.7. The fraction of sp³-hybridized carbons (Fsp3) is 0.385. The fourth-order valence-electron chi connectivity index (χ4n) is 3.42. The highest BCUT2D eigenvalue weighted by atomic mass is 16.6. The van der Waals surface area contributed by atoms with E-state index in [1.807, 2.05) is 18.2 Å². The van der Waals surface area contributed by atoms with Gasteiger partial charge in [-0.05, 0) is 31.0 Å². The van der Waals surface area contributed by atoms with E-state index in [4.69, 9.17) is 14.2 Å². The smallest absolute Gasteiger partial charge is 0.408 e. The highest BCUT2D eigenvalue weighted by Gasteiger charge is 2.24. The minimum Gasteiger partial charge on any atom is -0.507 e. The van der Waals surface area contributed by atoms with Crippen LogP contribution in [0.5, 0.6) is 11.5 Å².